The van der Waals surface area contributed by atoms with E-state index in [2.05, 4.69) is 19.2 Å². The van der Waals surface area contributed by atoms with E-state index in [1.165, 1.54) is 18.4 Å². The van der Waals surface area contributed by atoms with Crippen LogP contribution in [0.15, 0.2) is 24.3 Å². The SMILES string of the molecule is CCCCCNC(=O)c1ccc(CCC)cc1. The number of unbranched alkanes of at least 4 members (excludes halogenated alkanes) is 2. The molecule has 17 heavy (non-hydrogen) atoms. The summed E-state index contributed by atoms with van der Waals surface area (Å²) in [6, 6.07) is 7.93. The van der Waals surface area contributed by atoms with Crippen molar-refractivity contribution < 1.29 is 4.79 Å². The number of benzene rings is 1. The predicted octanol–water partition coefficient (Wildman–Crippen LogP) is 3.56. The standard InChI is InChI=1S/C15H23NO/c1-3-5-6-12-16-15(17)14-10-8-13(7-4-2)9-11-14/h8-11H,3-7,12H2,1-2H3,(H,16,17). The first-order chi connectivity index (χ1) is 8.27. The Balaban J connectivity index is 2.40. The molecule has 0 unspecified atom stereocenters. The second kappa shape index (κ2) is 7.88. The molecule has 0 radical (unpaired) electrons. The summed E-state index contributed by atoms with van der Waals surface area (Å²) >= 11 is 0. The Hall–Kier alpha value is -1.31. The molecule has 0 aliphatic rings. The second-order valence-corrected chi connectivity index (χ2v) is 4.41. The average Bonchev–Trinajstić information content (AvgIpc) is 2.36. The first-order valence-corrected chi connectivity index (χ1v) is 6.65. The van der Waals surface area contributed by atoms with Crippen molar-refractivity contribution in [1.82, 2.24) is 5.32 Å². The zero-order chi connectivity index (χ0) is 12.5. The topological polar surface area (TPSA) is 29.1 Å². The molecule has 0 saturated heterocycles. The summed E-state index contributed by atoms with van der Waals surface area (Å²) in [5, 5.41) is 2.95. The molecule has 2 nitrogen and oxygen atoms in total. The lowest BCUT2D eigenvalue weighted by Gasteiger charge is -2.05. The van der Waals surface area contributed by atoms with Gasteiger partial charge in [-0.15, -0.1) is 0 Å². The summed E-state index contributed by atoms with van der Waals surface area (Å²) < 4.78 is 0. The van der Waals surface area contributed by atoms with Gasteiger partial charge in [0.2, 0.25) is 0 Å². The molecule has 1 N–H and O–H groups in total. The second-order valence-electron chi connectivity index (χ2n) is 4.41. The first kappa shape index (κ1) is 13.8. The molecule has 0 aliphatic heterocycles. The highest BCUT2D eigenvalue weighted by Crippen LogP contribution is 2.06. The number of nitrogens with one attached hydrogen (secondary N) is 1. The Labute approximate surface area is 104 Å². The lowest BCUT2D eigenvalue weighted by atomic mass is 10.1. The van der Waals surface area contributed by atoms with Crippen molar-refractivity contribution in [3.8, 4) is 0 Å². The number of rotatable bonds is 7. The van der Waals surface area contributed by atoms with Gasteiger partial charge in [0.05, 0.1) is 0 Å². The quantitative estimate of drug-likeness (QED) is 0.717. The molecule has 2 heteroatoms. The van der Waals surface area contributed by atoms with Gasteiger partial charge in [-0.1, -0.05) is 45.2 Å². The highest BCUT2D eigenvalue weighted by Gasteiger charge is 2.03. The zero-order valence-electron chi connectivity index (χ0n) is 11.0. The fourth-order valence-electron chi connectivity index (χ4n) is 1.79. The molecule has 1 amide bonds. The average molecular weight is 233 g/mol. The third-order valence-electron chi connectivity index (χ3n) is 2.82. The van der Waals surface area contributed by atoms with Crippen LogP contribution in [-0.4, -0.2) is 12.5 Å². The van der Waals surface area contributed by atoms with Crippen LogP contribution in [0, 0.1) is 0 Å². The molecule has 1 aromatic carbocycles. The molecular formula is C15H23NO. The van der Waals surface area contributed by atoms with Gasteiger partial charge in [0.25, 0.3) is 5.91 Å². The lowest BCUT2D eigenvalue weighted by molar-refractivity contribution is 0.0953. The largest absolute Gasteiger partial charge is 0.352 e. The van der Waals surface area contributed by atoms with Gasteiger partial charge in [-0.3, -0.25) is 4.79 Å². The molecule has 0 saturated carbocycles. The van der Waals surface area contributed by atoms with Crippen LogP contribution in [0.2, 0.25) is 0 Å². The molecule has 1 aromatic rings. The van der Waals surface area contributed by atoms with E-state index in [4.69, 9.17) is 0 Å². The van der Waals surface area contributed by atoms with E-state index in [-0.39, 0.29) is 5.91 Å². The molecule has 94 valence electrons. The molecule has 0 bridgehead atoms. The highest BCUT2D eigenvalue weighted by molar-refractivity contribution is 5.94. The van der Waals surface area contributed by atoms with Gasteiger partial charge in [0.15, 0.2) is 0 Å². The van der Waals surface area contributed by atoms with E-state index in [9.17, 15) is 4.79 Å². The van der Waals surface area contributed by atoms with Crippen LogP contribution < -0.4 is 5.32 Å². The molecule has 0 aliphatic carbocycles. The number of hydrogen-bond acceptors (Lipinski definition) is 1. The van der Waals surface area contributed by atoms with Gasteiger partial charge < -0.3 is 5.32 Å². The molecular weight excluding hydrogens is 210 g/mol. The Kier molecular flexibility index (Phi) is 6.38. The van der Waals surface area contributed by atoms with Gasteiger partial charge in [-0.2, -0.15) is 0 Å². The van der Waals surface area contributed by atoms with Gasteiger partial charge in [0.1, 0.15) is 0 Å². The molecule has 0 fully saturated rings. The number of carbonyl (C=O) groups excluding carboxylic acids is 1. The third-order valence-corrected chi connectivity index (χ3v) is 2.82. The van der Waals surface area contributed by atoms with Crippen molar-refractivity contribution in [3.63, 3.8) is 0 Å². The summed E-state index contributed by atoms with van der Waals surface area (Å²) in [6.45, 7) is 5.10. The fraction of sp³-hybridized carbons (Fsp3) is 0.533. The molecule has 0 atom stereocenters. The van der Waals surface area contributed by atoms with Gasteiger partial charge >= 0.3 is 0 Å². The minimum absolute atomic E-state index is 0.0455. The van der Waals surface area contributed by atoms with Crippen molar-refractivity contribution in [2.45, 2.75) is 46.0 Å². The van der Waals surface area contributed by atoms with Crippen LogP contribution in [0.25, 0.3) is 0 Å². The molecule has 1 rings (SSSR count). The van der Waals surface area contributed by atoms with Gasteiger partial charge in [-0.25, -0.2) is 0 Å². The smallest absolute Gasteiger partial charge is 0.251 e. The van der Waals surface area contributed by atoms with Crippen molar-refractivity contribution in [1.29, 1.82) is 0 Å². The van der Waals surface area contributed by atoms with Crippen molar-refractivity contribution in [2.24, 2.45) is 0 Å². The van der Waals surface area contributed by atoms with E-state index in [0.29, 0.717) is 0 Å². The van der Waals surface area contributed by atoms with Crippen LogP contribution in [0.5, 0.6) is 0 Å². The third kappa shape index (κ3) is 5.03. The molecule has 0 spiro atoms. The molecule has 0 aromatic heterocycles. The van der Waals surface area contributed by atoms with E-state index in [1.807, 2.05) is 24.3 Å². The Morgan fingerprint density at radius 1 is 1.06 bits per heavy atom. The number of amides is 1. The Morgan fingerprint density at radius 3 is 2.35 bits per heavy atom. The van der Waals surface area contributed by atoms with Crippen molar-refractivity contribution in [3.05, 3.63) is 35.4 Å². The minimum Gasteiger partial charge on any atom is -0.352 e. The Morgan fingerprint density at radius 2 is 1.76 bits per heavy atom. The maximum absolute atomic E-state index is 11.8. The number of aryl methyl sites for hydroxylation is 1. The first-order valence-electron chi connectivity index (χ1n) is 6.65. The fourth-order valence-corrected chi connectivity index (χ4v) is 1.79. The summed E-state index contributed by atoms with van der Waals surface area (Å²) in [6.07, 6.45) is 5.65. The minimum atomic E-state index is 0.0455. The zero-order valence-corrected chi connectivity index (χ0v) is 11.0. The number of hydrogen-bond donors (Lipinski definition) is 1. The maximum Gasteiger partial charge on any atom is 0.251 e. The highest BCUT2D eigenvalue weighted by atomic mass is 16.1. The van der Waals surface area contributed by atoms with Gasteiger partial charge in [0, 0.05) is 12.1 Å². The monoisotopic (exact) mass is 233 g/mol. The van der Waals surface area contributed by atoms with Crippen LogP contribution >= 0.6 is 0 Å². The van der Waals surface area contributed by atoms with E-state index >= 15 is 0 Å². The lowest BCUT2D eigenvalue weighted by Crippen LogP contribution is -2.24. The summed E-state index contributed by atoms with van der Waals surface area (Å²) in [5.74, 6) is 0.0455. The number of carbonyl (C=O) groups is 1. The van der Waals surface area contributed by atoms with Crippen LogP contribution in [0.1, 0.15) is 55.5 Å². The van der Waals surface area contributed by atoms with E-state index in [0.717, 1.165) is 31.4 Å². The summed E-state index contributed by atoms with van der Waals surface area (Å²) in [4.78, 5) is 11.8. The predicted molar refractivity (Wildman–Crippen MR) is 72.3 cm³/mol. The molecule has 0 heterocycles. The maximum atomic E-state index is 11.8. The normalized spacial score (nSPS) is 10.2. The van der Waals surface area contributed by atoms with Gasteiger partial charge in [-0.05, 0) is 30.5 Å². The van der Waals surface area contributed by atoms with Crippen LogP contribution in [0.3, 0.4) is 0 Å². The van der Waals surface area contributed by atoms with Crippen LogP contribution in [-0.2, 0) is 6.42 Å². The summed E-state index contributed by atoms with van der Waals surface area (Å²) in [5.41, 5.74) is 2.07. The van der Waals surface area contributed by atoms with Crippen molar-refractivity contribution >= 4 is 5.91 Å². The van der Waals surface area contributed by atoms with Crippen molar-refractivity contribution in [2.75, 3.05) is 6.54 Å². The van der Waals surface area contributed by atoms with E-state index < -0.39 is 0 Å². The van der Waals surface area contributed by atoms with Crippen LogP contribution in [0.4, 0.5) is 0 Å². The summed E-state index contributed by atoms with van der Waals surface area (Å²) in [7, 11) is 0. The Bertz CT molecular complexity index is 329. The van der Waals surface area contributed by atoms with E-state index in [1.54, 1.807) is 0 Å².